The number of aromatic nitrogens is 4. The second-order valence-corrected chi connectivity index (χ2v) is 13.1. The van der Waals surface area contributed by atoms with E-state index in [0.717, 1.165) is 25.7 Å². The van der Waals surface area contributed by atoms with E-state index in [1.807, 2.05) is 0 Å². The van der Waals surface area contributed by atoms with Crippen molar-refractivity contribution in [3.8, 4) is 12.3 Å². The lowest BCUT2D eigenvalue weighted by Gasteiger charge is -2.53. The molecule has 1 saturated heterocycles. The van der Waals surface area contributed by atoms with E-state index in [2.05, 4.69) is 26.2 Å². The van der Waals surface area contributed by atoms with Gasteiger partial charge in [-0.3, -0.25) is 19.5 Å². The zero-order valence-corrected chi connectivity index (χ0v) is 26.4. The number of anilines is 1. The van der Waals surface area contributed by atoms with Crippen molar-refractivity contribution in [3.05, 3.63) is 34.5 Å². The van der Waals surface area contributed by atoms with E-state index in [4.69, 9.17) is 34.2 Å². The van der Waals surface area contributed by atoms with Crippen molar-refractivity contribution in [3.63, 3.8) is 0 Å². The van der Waals surface area contributed by atoms with E-state index >= 15 is 0 Å². The fourth-order valence-electron chi connectivity index (χ4n) is 6.40. The number of hydrogen-bond donors (Lipinski definition) is 2. The summed E-state index contributed by atoms with van der Waals surface area (Å²) in [5.41, 5.74) is -2.92. The normalized spacial score (nSPS) is 23.2. The molecule has 2 saturated carbocycles. The number of hydrogen-bond acceptors (Lipinski definition) is 14. The van der Waals surface area contributed by atoms with Crippen LogP contribution in [0, 0.1) is 36.7 Å². The zero-order chi connectivity index (χ0) is 34.4. The molecule has 0 unspecified atom stereocenters. The molecule has 0 radical (unpaired) electrons. The number of carbonyl (C=O) groups excluding carboxylic acids is 3. The smallest absolute Gasteiger partial charge is 0.461 e. The Morgan fingerprint density at radius 1 is 1.23 bits per heavy atom. The van der Waals surface area contributed by atoms with Gasteiger partial charge in [-0.1, -0.05) is 12.3 Å². The number of aliphatic hydroxyl groups excluding tert-OH is 1. The summed E-state index contributed by atoms with van der Waals surface area (Å²) in [7, 11) is 0. The van der Waals surface area contributed by atoms with Crippen LogP contribution in [0.3, 0.4) is 0 Å². The number of esters is 2. The average molecular weight is 672 g/mol. The van der Waals surface area contributed by atoms with Crippen LogP contribution < -0.4 is 11.1 Å². The lowest BCUT2D eigenvalue weighted by molar-refractivity contribution is -0.171. The van der Waals surface area contributed by atoms with Crippen LogP contribution in [0.25, 0.3) is 11.2 Å². The number of terminal acetylenes is 1. The molecule has 2 aliphatic carbocycles. The number of aliphatic hydroxyl groups is 1. The third-order valence-electron chi connectivity index (χ3n) is 9.15. The highest BCUT2D eigenvalue weighted by molar-refractivity contribution is 5.93. The number of imidazole rings is 1. The number of fused-ring (bicyclic) bond motifs is 1. The molecule has 48 heavy (non-hydrogen) atoms. The van der Waals surface area contributed by atoms with Crippen LogP contribution >= 0.6 is 0 Å². The van der Waals surface area contributed by atoms with Crippen molar-refractivity contribution in [2.24, 2.45) is 11.3 Å². The maximum atomic E-state index is 14.6. The van der Waals surface area contributed by atoms with Gasteiger partial charge in [0.25, 0.3) is 0 Å². The molecule has 256 valence electrons. The summed E-state index contributed by atoms with van der Waals surface area (Å²) in [5, 5.41) is 13.2. The van der Waals surface area contributed by atoms with Crippen LogP contribution in [0.4, 0.5) is 15.0 Å². The Morgan fingerprint density at radius 2 is 1.98 bits per heavy atom. The van der Waals surface area contributed by atoms with Crippen molar-refractivity contribution in [2.45, 2.75) is 95.9 Å². The molecule has 17 heteroatoms. The number of halogens is 1. The van der Waals surface area contributed by atoms with E-state index < -0.39 is 53.9 Å². The number of nitrogens with zero attached hydrogens (tertiary/aromatic N) is 4. The first-order valence-electron chi connectivity index (χ1n) is 15.4. The van der Waals surface area contributed by atoms with E-state index in [-0.39, 0.29) is 65.4 Å². The van der Waals surface area contributed by atoms with Gasteiger partial charge in [0.15, 0.2) is 40.7 Å². The number of nitrogens with one attached hydrogen (secondary N) is 1. The van der Waals surface area contributed by atoms with Crippen LogP contribution in [-0.4, -0.2) is 66.6 Å². The van der Waals surface area contributed by atoms with Gasteiger partial charge >= 0.3 is 29.9 Å². The average Bonchev–Trinajstić information content (AvgIpc) is 3.62. The third-order valence-corrected chi connectivity index (χ3v) is 9.15. The second kappa shape index (κ2) is 12.3. The van der Waals surface area contributed by atoms with Crippen molar-refractivity contribution >= 4 is 35.0 Å². The highest BCUT2D eigenvalue weighted by Crippen LogP contribution is 2.59. The van der Waals surface area contributed by atoms with E-state index in [1.54, 1.807) is 0 Å². The van der Waals surface area contributed by atoms with Gasteiger partial charge in [-0.05, 0) is 51.9 Å². The van der Waals surface area contributed by atoms with E-state index in [9.17, 15) is 28.7 Å². The molecule has 3 aromatic rings. The highest BCUT2D eigenvalue weighted by atomic mass is 19.1. The quantitative estimate of drug-likeness (QED) is 0.138. The summed E-state index contributed by atoms with van der Waals surface area (Å²) in [6.07, 6.45) is 7.03. The molecule has 16 nitrogen and oxygen atoms in total. The van der Waals surface area contributed by atoms with Gasteiger partial charge < -0.3 is 32.9 Å². The third kappa shape index (κ3) is 6.49. The lowest BCUT2D eigenvalue weighted by atomic mass is 9.52. The van der Waals surface area contributed by atoms with E-state index in [0.29, 0.717) is 0 Å². The molecular weight excluding hydrogens is 637 g/mol. The minimum absolute atomic E-state index is 0.0375. The molecule has 4 heterocycles. The number of amides is 1. The predicted octanol–water partition coefficient (Wildman–Crippen LogP) is 3.06. The van der Waals surface area contributed by atoms with Gasteiger partial charge in [0.1, 0.15) is 24.5 Å². The maximum absolute atomic E-state index is 14.6. The molecule has 1 amide bonds. The minimum Gasteiger partial charge on any atom is -0.461 e. The molecule has 3 aromatic heterocycles. The van der Waals surface area contributed by atoms with Crippen LogP contribution in [0.15, 0.2) is 20.0 Å². The standard InChI is InChI=1S/C31H34FN5O11/c1-5-31(14-44-25(40)17-10-30(11-17)7-6-8-30)19(38)9-20(47-31)37-15-33-22-23(34-26(32)36-24(22)37)35-27(41)48-29(3,4)12-21(39)43-13-18-16(2)45-28(42)46-18/h1,15,17,19-20,38H,6-14H2,2-4H3,(H,34,35,36,41)/t19-,20+,31+/m0/s1. The molecule has 3 fully saturated rings. The number of carbonyl (C=O) groups is 3. The van der Waals surface area contributed by atoms with Gasteiger partial charge in [-0.25, -0.2) is 14.6 Å². The summed E-state index contributed by atoms with van der Waals surface area (Å²) >= 11 is 0. The largest absolute Gasteiger partial charge is 0.519 e. The maximum Gasteiger partial charge on any atom is 0.519 e. The lowest BCUT2D eigenvalue weighted by Crippen LogP contribution is -2.48. The molecule has 1 aliphatic heterocycles. The van der Waals surface area contributed by atoms with Crippen LogP contribution in [-0.2, 0) is 35.1 Å². The Bertz CT molecular complexity index is 1850. The Hall–Kier alpha value is -4.82. The van der Waals surface area contributed by atoms with Gasteiger partial charge in [0, 0.05) is 6.42 Å². The van der Waals surface area contributed by atoms with Crippen LogP contribution in [0.1, 0.15) is 76.5 Å². The summed E-state index contributed by atoms with van der Waals surface area (Å²) in [5.74, 6) is -0.0160. The first-order chi connectivity index (χ1) is 22.7. The van der Waals surface area contributed by atoms with E-state index in [1.165, 1.54) is 38.1 Å². The Kier molecular flexibility index (Phi) is 8.50. The van der Waals surface area contributed by atoms with Crippen molar-refractivity contribution in [1.82, 2.24) is 19.5 Å². The van der Waals surface area contributed by atoms with Gasteiger partial charge in [0.05, 0.1) is 18.7 Å². The molecular formula is C31H34FN5O11. The first-order valence-corrected chi connectivity index (χ1v) is 15.4. The zero-order valence-electron chi connectivity index (χ0n) is 26.4. The molecule has 3 aliphatic rings. The SMILES string of the molecule is C#C[C@]1(COC(=O)C2CC3(CCC3)C2)O[C@@H](n2cnc3c(NC(=O)OC(C)(C)CC(=O)OCc4oc(=O)oc4C)nc(F)nc32)C[C@@H]1O. The second-order valence-electron chi connectivity index (χ2n) is 13.1. The Balaban J connectivity index is 1.08. The number of rotatable bonds is 10. The summed E-state index contributed by atoms with van der Waals surface area (Å²) in [6, 6.07) is 0. The topological polar surface area (TPSA) is 207 Å². The summed E-state index contributed by atoms with van der Waals surface area (Å²) < 4.78 is 47.4. The molecule has 0 bridgehead atoms. The molecule has 6 rings (SSSR count). The number of aryl methyl sites for hydroxylation is 1. The molecule has 1 spiro atoms. The summed E-state index contributed by atoms with van der Waals surface area (Å²) in [4.78, 5) is 60.6. The fraction of sp³-hybridized carbons (Fsp3) is 0.581. The van der Waals surface area contributed by atoms with Crippen molar-refractivity contribution < 1.29 is 51.7 Å². The molecule has 0 aromatic carbocycles. The highest BCUT2D eigenvalue weighted by Gasteiger charge is 2.53. The predicted molar refractivity (Wildman–Crippen MR) is 158 cm³/mol. The Labute approximate surface area is 272 Å². The Morgan fingerprint density at radius 3 is 2.62 bits per heavy atom. The van der Waals surface area contributed by atoms with Crippen molar-refractivity contribution in [1.29, 1.82) is 0 Å². The fourth-order valence-corrected chi connectivity index (χ4v) is 6.40. The monoisotopic (exact) mass is 671 g/mol. The van der Waals surface area contributed by atoms with Gasteiger partial charge in [-0.2, -0.15) is 14.4 Å². The summed E-state index contributed by atoms with van der Waals surface area (Å²) in [6.45, 7) is 3.61. The van der Waals surface area contributed by atoms with Crippen LogP contribution in [0.5, 0.6) is 0 Å². The molecule has 2 N–H and O–H groups in total. The minimum atomic E-state index is -1.66. The first kappa shape index (κ1) is 33.1. The number of ether oxygens (including phenoxy) is 4. The van der Waals surface area contributed by atoms with Crippen LogP contribution in [0.2, 0.25) is 0 Å². The van der Waals surface area contributed by atoms with Crippen molar-refractivity contribution in [2.75, 3.05) is 11.9 Å². The van der Waals surface area contributed by atoms with Gasteiger partial charge in [-0.15, -0.1) is 6.42 Å². The van der Waals surface area contributed by atoms with Gasteiger partial charge in [0.2, 0.25) is 0 Å². The molecule has 3 atom stereocenters.